The Bertz CT molecular complexity index is 577. The molecule has 0 atom stereocenters. The summed E-state index contributed by atoms with van der Waals surface area (Å²) in [5.41, 5.74) is 2.41. The zero-order valence-corrected chi connectivity index (χ0v) is 14.3. The van der Waals surface area contributed by atoms with Crippen molar-refractivity contribution in [1.29, 1.82) is 0 Å². The summed E-state index contributed by atoms with van der Waals surface area (Å²) in [4.78, 5) is 12.5. The highest BCUT2D eigenvalue weighted by Gasteiger charge is 2.19. The normalized spacial score (nSPS) is 15.4. The summed E-state index contributed by atoms with van der Waals surface area (Å²) in [7, 11) is 0. The summed E-state index contributed by atoms with van der Waals surface area (Å²) < 4.78 is 0. The Kier molecular flexibility index (Phi) is 6.06. The van der Waals surface area contributed by atoms with E-state index in [1.807, 2.05) is 36.4 Å². The average Bonchev–Trinajstić information content (AvgIpc) is 2.67. The fraction of sp³-hybridized carbons (Fsp3) is 0.409. The smallest absolute Gasteiger partial charge is 0.220 e. The van der Waals surface area contributed by atoms with Crippen molar-refractivity contribution in [2.24, 2.45) is 5.92 Å². The zero-order valence-electron chi connectivity index (χ0n) is 14.3. The van der Waals surface area contributed by atoms with Gasteiger partial charge >= 0.3 is 0 Å². The number of benzene rings is 2. The summed E-state index contributed by atoms with van der Waals surface area (Å²) in [6, 6.07) is 20.7. The van der Waals surface area contributed by atoms with E-state index in [-0.39, 0.29) is 11.8 Å². The molecular weight excluding hydrogens is 294 g/mol. The second-order valence-corrected chi connectivity index (χ2v) is 6.89. The molecule has 0 heterocycles. The van der Waals surface area contributed by atoms with Gasteiger partial charge in [-0.05, 0) is 29.9 Å². The Labute approximate surface area is 145 Å². The Morgan fingerprint density at radius 1 is 0.875 bits per heavy atom. The molecule has 24 heavy (non-hydrogen) atoms. The standard InChI is InChI=1S/C22H27NO/c24-22(23-17-18-10-4-1-5-11-18)16-21(19-12-6-2-7-13-19)20-14-8-3-9-15-20/h2-3,6-9,12-15,18,21H,1,4-5,10-11,16-17H2,(H,23,24). The quantitative estimate of drug-likeness (QED) is 0.805. The molecule has 3 rings (SSSR count). The number of hydrogen-bond acceptors (Lipinski definition) is 1. The van der Waals surface area contributed by atoms with Gasteiger partial charge in [0.05, 0.1) is 0 Å². The summed E-state index contributed by atoms with van der Waals surface area (Å²) in [5.74, 6) is 0.964. The van der Waals surface area contributed by atoms with Crippen LogP contribution < -0.4 is 5.32 Å². The van der Waals surface area contributed by atoms with E-state index in [1.54, 1.807) is 0 Å². The lowest BCUT2D eigenvalue weighted by Crippen LogP contribution is -2.31. The van der Waals surface area contributed by atoms with E-state index in [9.17, 15) is 4.79 Å². The molecule has 0 radical (unpaired) electrons. The van der Waals surface area contributed by atoms with Crippen LogP contribution in [0.4, 0.5) is 0 Å². The highest BCUT2D eigenvalue weighted by Crippen LogP contribution is 2.28. The van der Waals surface area contributed by atoms with Gasteiger partial charge in [-0.1, -0.05) is 79.9 Å². The minimum atomic E-state index is 0.124. The van der Waals surface area contributed by atoms with Gasteiger partial charge in [0.15, 0.2) is 0 Å². The van der Waals surface area contributed by atoms with Gasteiger partial charge in [0, 0.05) is 18.9 Å². The van der Waals surface area contributed by atoms with E-state index in [0.717, 1.165) is 6.54 Å². The molecule has 0 aliphatic heterocycles. The number of carbonyl (C=O) groups excluding carboxylic acids is 1. The van der Waals surface area contributed by atoms with Gasteiger partial charge in [0.1, 0.15) is 0 Å². The maximum Gasteiger partial charge on any atom is 0.220 e. The molecule has 1 saturated carbocycles. The van der Waals surface area contributed by atoms with Crippen molar-refractivity contribution in [3.8, 4) is 0 Å². The third-order valence-electron chi connectivity index (χ3n) is 5.11. The zero-order chi connectivity index (χ0) is 16.6. The SMILES string of the molecule is O=C(CC(c1ccccc1)c1ccccc1)NCC1CCCCC1. The molecule has 2 aromatic carbocycles. The molecule has 1 aliphatic rings. The van der Waals surface area contributed by atoms with E-state index >= 15 is 0 Å². The molecular formula is C22H27NO. The minimum absolute atomic E-state index is 0.124. The van der Waals surface area contributed by atoms with Gasteiger partial charge in [-0.2, -0.15) is 0 Å². The molecule has 0 unspecified atom stereocenters. The van der Waals surface area contributed by atoms with Gasteiger partial charge in [-0.25, -0.2) is 0 Å². The topological polar surface area (TPSA) is 29.1 Å². The van der Waals surface area contributed by atoms with Crippen LogP contribution in [0.1, 0.15) is 55.6 Å². The van der Waals surface area contributed by atoms with Crippen LogP contribution in [0.25, 0.3) is 0 Å². The fourth-order valence-corrected chi connectivity index (χ4v) is 3.71. The molecule has 0 aromatic heterocycles. The van der Waals surface area contributed by atoms with Crippen molar-refractivity contribution >= 4 is 5.91 Å². The second kappa shape index (κ2) is 8.68. The van der Waals surface area contributed by atoms with Crippen LogP contribution in [0.2, 0.25) is 0 Å². The van der Waals surface area contributed by atoms with Crippen LogP contribution in [0, 0.1) is 5.92 Å². The maximum atomic E-state index is 12.5. The van der Waals surface area contributed by atoms with Crippen LogP contribution in [0.15, 0.2) is 60.7 Å². The molecule has 1 fully saturated rings. The Balaban J connectivity index is 1.64. The third kappa shape index (κ3) is 4.70. The van der Waals surface area contributed by atoms with Crippen LogP contribution in [-0.2, 0) is 4.79 Å². The van der Waals surface area contributed by atoms with Crippen LogP contribution in [0.3, 0.4) is 0 Å². The number of amides is 1. The first kappa shape index (κ1) is 16.8. The lowest BCUT2D eigenvalue weighted by molar-refractivity contribution is -0.121. The number of carbonyl (C=O) groups is 1. The Hall–Kier alpha value is -2.09. The van der Waals surface area contributed by atoms with Crippen LogP contribution in [-0.4, -0.2) is 12.5 Å². The molecule has 0 spiro atoms. The van der Waals surface area contributed by atoms with E-state index in [4.69, 9.17) is 0 Å². The first-order chi connectivity index (χ1) is 11.8. The van der Waals surface area contributed by atoms with Crippen molar-refractivity contribution in [1.82, 2.24) is 5.32 Å². The predicted molar refractivity (Wildman–Crippen MR) is 98.9 cm³/mol. The molecule has 0 bridgehead atoms. The monoisotopic (exact) mass is 321 g/mol. The summed E-state index contributed by atoms with van der Waals surface area (Å²) in [6.07, 6.45) is 7.03. The van der Waals surface area contributed by atoms with Crippen molar-refractivity contribution < 1.29 is 4.79 Å². The first-order valence-electron chi connectivity index (χ1n) is 9.19. The molecule has 126 valence electrons. The van der Waals surface area contributed by atoms with E-state index in [2.05, 4.69) is 29.6 Å². The first-order valence-corrected chi connectivity index (χ1v) is 9.19. The Morgan fingerprint density at radius 2 is 1.42 bits per heavy atom. The van der Waals surface area contributed by atoms with E-state index in [1.165, 1.54) is 43.2 Å². The number of hydrogen-bond donors (Lipinski definition) is 1. The average molecular weight is 321 g/mol. The van der Waals surface area contributed by atoms with E-state index < -0.39 is 0 Å². The van der Waals surface area contributed by atoms with Crippen LogP contribution >= 0.6 is 0 Å². The molecule has 1 aliphatic carbocycles. The molecule has 2 nitrogen and oxygen atoms in total. The summed E-state index contributed by atoms with van der Waals surface area (Å²) in [6.45, 7) is 0.842. The van der Waals surface area contributed by atoms with Gasteiger partial charge in [0.25, 0.3) is 0 Å². The van der Waals surface area contributed by atoms with Gasteiger partial charge in [0.2, 0.25) is 5.91 Å². The summed E-state index contributed by atoms with van der Waals surface area (Å²) >= 11 is 0. The van der Waals surface area contributed by atoms with Gasteiger partial charge < -0.3 is 5.32 Å². The van der Waals surface area contributed by atoms with Gasteiger partial charge in [-0.15, -0.1) is 0 Å². The fourth-order valence-electron chi connectivity index (χ4n) is 3.71. The number of nitrogens with one attached hydrogen (secondary N) is 1. The summed E-state index contributed by atoms with van der Waals surface area (Å²) in [5, 5.41) is 3.18. The third-order valence-corrected chi connectivity index (χ3v) is 5.11. The highest BCUT2D eigenvalue weighted by molar-refractivity contribution is 5.77. The second-order valence-electron chi connectivity index (χ2n) is 6.89. The molecule has 0 saturated heterocycles. The molecule has 2 aromatic rings. The Morgan fingerprint density at radius 3 is 1.96 bits per heavy atom. The maximum absolute atomic E-state index is 12.5. The molecule has 1 N–H and O–H groups in total. The molecule has 2 heteroatoms. The van der Waals surface area contributed by atoms with E-state index in [0.29, 0.717) is 12.3 Å². The van der Waals surface area contributed by atoms with Gasteiger partial charge in [-0.3, -0.25) is 4.79 Å². The van der Waals surface area contributed by atoms with Crippen molar-refractivity contribution in [3.63, 3.8) is 0 Å². The van der Waals surface area contributed by atoms with Crippen LogP contribution in [0.5, 0.6) is 0 Å². The largest absolute Gasteiger partial charge is 0.356 e. The minimum Gasteiger partial charge on any atom is -0.356 e. The van der Waals surface area contributed by atoms with Crippen molar-refractivity contribution in [2.75, 3.05) is 6.54 Å². The van der Waals surface area contributed by atoms with Crippen molar-refractivity contribution in [3.05, 3.63) is 71.8 Å². The van der Waals surface area contributed by atoms with Crippen molar-refractivity contribution in [2.45, 2.75) is 44.4 Å². The lowest BCUT2D eigenvalue weighted by atomic mass is 9.87. The lowest BCUT2D eigenvalue weighted by Gasteiger charge is -2.23. The molecule has 1 amide bonds. The highest BCUT2D eigenvalue weighted by atomic mass is 16.1. The number of rotatable bonds is 6. The predicted octanol–water partition coefficient (Wildman–Crippen LogP) is 4.91.